The molecule has 0 N–H and O–H groups in total. The van der Waals surface area contributed by atoms with E-state index in [9.17, 15) is 9.59 Å². The topological polar surface area (TPSA) is 75.9 Å². The lowest BCUT2D eigenvalue weighted by atomic mass is 9.99. The van der Waals surface area contributed by atoms with Crippen molar-refractivity contribution in [1.29, 1.82) is 0 Å². The van der Waals surface area contributed by atoms with Crippen molar-refractivity contribution >= 4 is 28.5 Å². The maximum absolute atomic E-state index is 13.4. The van der Waals surface area contributed by atoms with Gasteiger partial charge in [-0.25, -0.2) is 0 Å². The first-order chi connectivity index (χ1) is 14.6. The lowest BCUT2D eigenvalue weighted by Gasteiger charge is -2.31. The molecular weight excluding hydrogens is 406 g/mol. The van der Waals surface area contributed by atoms with Crippen LogP contribution in [-0.4, -0.2) is 60.1 Å². The van der Waals surface area contributed by atoms with Gasteiger partial charge in [0, 0.05) is 43.6 Å². The molecule has 154 valence electrons. The normalized spacial score (nSPS) is 19.4. The Bertz CT molecular complexity index is 1160. The quantitative estimate of drug-likeness (QED) is 0.639. The van der Waals surface area contributed by atoms with Gasteiger partial charge in [0.2, 0.25) is 5.76 Å². The van der Waals surface area contributed by atoms with Crippen LogP contribution in [0.15, 0.2) is 51.9 Å². The molecule has 1 saturated heterocycles. The Morgan fingerprint density at radius 3 is 2.60 bits per heavy atom. The molecule has 1 amide bonds. The second-order valence-corrected chi connectivity index (χ2v) is 7.89. The number of aromatic nitrogens is 1. The number of morpholine rings is 1. The van der Waals surface area contributed by atoms with E-state index in [1.165, 1.54) is 0 Å². The standard InChI is InChI=1S/C22H20ClN3O4/c23-15-1-2-17-16(13-15)20(27)18-19(14-3-5-24-6-4-14)26(22(28)21(18)30-17)8-7-25-9-11-29-12-10-25/h1-6,13,19H,7-12H2/t19-/m1/s1. The van der Waals surface area contributed by atoms with Crippen LogP contribution in [0.5, 0.6) is 0 Å². The molecule has 7 nitrogen and oxygen atoms in total. The van der Waals surface area contributed by atoms with E-state index in [2.05, 4.69) is 9.88 Å². The lowest BCUT2D eigenvalue weighted by Crippen LogP contribution is -2.42. The number of nitrogens with zero attached hydrogens (tertiary/aromatic N) is 3. The van der Waals surface area contributed by atoms with Crippen molar-refractivity contribution in [2.75, 3.05) is 39.4 Å². The number of carbonyl (C=O) groups is 1. The van der Waals surface area contributed by atoms with Crippen molar-refractivity contribution < 1.29 is 13.9 Å². The third-order valence-electron chi connectivity index (χ3n) is 5.71. The van der Waals surface area contributed by atoms with E-state index in [1.54, 1.807) is 35.5 Å². The summed E-state index contributed by atoms with van der Waals surface area (Å²) in [5, 5.41) is 0.826. The Balaban J connectivity index is 1.60. The van der Waals surface area contributed by atoms with Crippen molar-refractivity contribution in [1.82, 2.24) is 14.8 Å². The van der Waals surface area contributed by atoms with Gasteiger partial charge in [0.15, 0.2) is 5.43 Å². The van der Waals surface area contributed by atoms with Crippen LogP contribution in [0.3, 0.4) is 0 Å². The smallest absolute Gasteiger partial charge is 0.290 e. The number of hydrogen-bond donors (Lipinski definition) is 0. The summed E-state index contributed by atoms with van der Waals surface area (Å²) in [5.41, 5.74) is 1.33. The first-order valence-corrected chi connectivity index (χ1v) is 10.3. The molecule has 1 fully saturated rings. The van der Waals surface area contributed by atoms with Gasteiger partial charge in [-0.15, -0.1) is 0 Å². The van der Waals surface area contributed by atoms with Crippen LogP contribution >= 0.6 is 11.6 Å². The Morgan fingerprint density at radius 2 is 1.83 bits per heavy atom. The van der Waals surface area contributed by atoms with Crippen LogP contribution in [0.25, 0.3) is 11.0 Å². The average Bonchev–Trinajstić information content (AvgIpc) is 3.06. The average molecular weight is 426 g/mol. The highest BCUT2D eigenvalue weighted by molar-refractivity contribution is 6.31. The molecule has 0 saturated carbocycles. The van der Waals surface area contributed by atoms with E-state index >= 15 is 0 Å². The van der Waals surface area contributed by atoms with Crippen LogP contribution in [0.1, 0.15) is 27.7 Å². The van der Waals surface area contributed by atoms with Crippen LogP contribution in [0.2, 0.25) is 5.02 Å². The molecule has 2 aliphatic heterocycles. The summed E-state index contributed by atoms with van der Waals surface area (Å²) in [7, 11) is 0. The van der Waals surface area contributed by atoms with E-state index < -0.39 is 6.04 Å². The van der Waals surface area contributed by atoms with Gasteiger partial charge in [-0.05, 0) is 35.9 Å². The van der Waals surface area contributed by atoms with Gasteiger partial charge in [-0.3, -0.25) is 19.5 Å². The highest BCUT2D eigenvalue weighted by Gasteiger charge is 2.42. The number of rotatable bonds is 4. The van der Waals surface area contributed by atoms with E-state index in [1.807, 2.05) is 12.1 Å². The number of amides is 1. The van der Waals surface area contributed by atoms with Gasteiger partial charge in [0.05, 0.1) is 30.2 Å². The Morgan fingerprint density at radius 1 is 1.07 bits per heavy atom. The third-order valence-corrected chi connectivity index (χ3v) is 5.95. The van der Waals surface area contributed by atoms with Crippen LogP contribution < -0.4 is 5.43 Å². The fourth-order valence-corrected chi connectivity index (χ4v) is 4.36. The minimum Gasteiger partial charge on any atom is -0.450 e. The molecule has 0 bridgehead atoms. The van der Waals surface area contributed by atoms with Crippen LogP contribution in [0.4, 0.5) is 0 Å². The molecule has 1 atom stereocenters. The largest absolute Gasteiger partial charge is 0.450 e. The van der Waals surface area contributed by atoms with E-state index in [4.69, 9.17) is 20.8 Å². The highest BCUT2D eigenvalue weighted by Crippen LogP contribution is 2.38. The molecule has 0 aliphatic carbocycles. The van der Waals surface area contributed by atoms with Crippen molar-refractivity contribution in [3.63, 3.8) is 0 Å². The van der Waals surface area contributed by atoms with Crippen LogP contribution in [-0.2, 0) is 4.74 Å². The maximum atomic E-state index is 13.4. The van der Waals surface area contributed by atoms with Gasteiger partial charge in [0.25, 0.3) is 5.91 Å². The Hall–Kier alpha value is -2.74. The van der Waals surface area contributed by atoms with Gasteiger partial charge in [-0.1, -0.05) is 11.6 Å². The van der Waals surface area contributed by atoms with Gasteiger partial charge in [-0.2, -0.15) is 0 Å². The fourth-order valence-electron chi connectivity index (χ4n) is 4.19. The molecular formula is C22H20ClN3O4. The number of ether oxygens (including phenoxy) is 1. The molecule has 0 radical (unpaired) electrons. The van der Waals surface area contributed by atoms with Crippen molar-refractivity contribution in [2.45, 2.75) is 6.04 Å². The zero-order chi connectivity index (χ0) is 20.7. The zero-order valence-corrected chi connectivity index (χ0v) is 17.0. The molecule has 5 rings (SSSR count). The zero-order valence-electron chi connectivity index (χ0n) is 16.2. The molecule has 3 aromatic rings. The van der Waals surface area contributed by atoms with Crippen molar-refractivity contribution in [3.05, 3.63) is 74.9 Å². The summed E-state index contributed by atoms with van der Waals surface area (Å²) in [6.07, 6.45) is 3.33. The molecule has 0 unspecified atom stereocenters. The minimum atomic E-state index is -0.517. The van der Waals surface area contributed by atoms with E-state index in [0.717, 1.165) is 18.7 Å². The predicted octanol–water partition coefficient (Wildman–Crippen LogP) is 2.72. The predicted molar refractivity (Wildman–Crippen MR) is 112 cm³/mol. The van der Waals surface area contributed by atoms with Crippen molar-refractivity contribution in [3.8, 4) is 0 Å². The summed E-state index contributed by atoms with van der Waals surface area (Å²) >= 11 is 6.11. The van der Waals surface area contributed by atoms with Gasteiger partial charge in [0.1, 0.15) is 5.58 Å². The maximum Gasteiger partial charge on any atom is 0.290 e. The summed E-state index contributed by atoms with van der Waals surface area (Å²) in [6.45, 7) is 4.21. The van der Waals surface area contributed by atoms with E-state index in [-0.39, 0.29) is 17.1 Å². The van der Waals surface area contributed by atoms with E-state index in [0.29, 0.717) is 47.9 Å². The number of pyridine rings is 1. The van der Waals surface area contributed by atoms with Crippen molar-refractivity contribution in [2.24, 2.45) is 0 Å². The fraction of sp³-hybridized carbons (Fsp3) is 0.318. The summed E-state index contributed by atoms with van der Waals surface area (Å²) < 4.78 is 11.3. The molecule has 2 aromatic heterocycles. The van der Waals surface area contributed by atoms with Crippen LogP contribution in [0, 0.1) is 0 Å². The summed E-state index contributed by atoms with van der Waals surface area (Å²) in [5.74, 6) is -0.160. The Kier molecular flexibility index (Phi) is 5.02. The number of halogens is 1. The molecule has 0 spiro atoms. The third kappa shape index (κ3) is 3.29. The summed E-state index contributed by atoms with van der Waals surface area (Å²) in [6, 6.07) is 8.01. The molecule has 4 heterocycles. The first-order valence-electron chi connectivity index (χ1n) is 9.91. The van der Waals surface area contributed by atoms with Gasteiger partial charge >= 0.3 is 0 Å². The Labute approximate surface area is 177 Å². The number of fused-ring (bicyclic) bond motifs is 2. The summed E-state index contributed by atoms with van der Waals surface area (Å²) in [4.78, 5) is 34.8. The number of carbonyl (C=O) groups excluding carboxylic acids is 1. The number of hydrogen-bond acceptors (Lipinski definition) is 6. The number of benzene rings is 1. The first kappa shape index (κ1) is 19.2. The lowest BCUT2D eigenvalue weighted by molar-refractivity contribution is 0.0314. The second-order valence-electron chi connectivity index (χ2n) is 7.45. The SMILES string of the molecule is O=C1c2oc3ccc(Cl)cc3c(=O)c2[C@@H](c2ccncc2)N1CCN1CCOCC1. The molecule has 1 aromatic carbocycles. The second kappa shape index (κ2) is 7.83. The van der Waals surface area contributed by atoms with Gasteiger partial charge < -0.3 is 14.1 Å². The highest BCUT2D eigenvalue weighted by atomic mass is 35.5. The molecule has 2 aliphatic rings. The molecule has 30 heavy (non-hydrogen) atoms. The molecule has 8 heteroatoms. The monoisotopic (exact) mass is 425 g/mol. The minimum absolute atomic E-state index is 0.110.